The molecular weight excluding hydrogens is 418 g/mol. The number of rotatable bonds is 4. The molecule has 0 saturated carbocycles. The van der Waals surface area contributed by atoms with Crippen molar-refractivity contribution in [3.63, 3.8) is 0 Å². The second kappa shape index (κ2) is 8.10. The molecule has 1 aliphatic rings. The first-order valence-electron chi connectivity index (χ1n) is 9.36. The van der Waals surface area contributed by atoms with Gasteiger partial charge in [0, 0.05) is 35.1 Å². The number of nitrogens with zero attached hydrogens (tertiary/aromatic N) is 2. The average molecular weight is 440 g/mol. The van der Waals surface area contributed by atoms with Crippen LogP contribution < -0.4 is 10.1 Å². The highest BCUT2D eigenvalue weighted by molar-refractivity contribution is 9.10. The summed E-state index contributed by atoms with van der Waals surface area (Å²) in [5, 5.41) is 3.03. The number of ether oxygens (including phenoxy) is 1. The van der Waals surface area contributed by atoms with Crippen molar-refractivity contribution in [2.45, 2.75) is 19.5 Å². The van der Waals surface area contributed by atoms with Gasteiger partial charge in [0.1, 0.15) is 5.75 Å². The molecule has 1 aliphatic heterocycles. The van der Waals surface area contributed by atoms with Gasteiger partial charge in [0.25, 0.3) is 0 Å². The second-order valence-corrected chi connectivity index (χ2v) is 7.58. The van der Waals surface area contributed by atoms with E-state index in [0.717, 1.165) is 33.7 Å². The van der Waals surface area contributed by atoms with E-state index in [1.54, 1.807) is 0 Å². The molecule has 0 radical (unpaired) electrons. The molecule has 28 heavy (non-hydrogen) atoms. The summed E-state index contributed by atoms with van der Waals surface area (Å²) in [6.45, 7) is 4.00. The van der Waals surface area contributed by atoms with Gasteiger partial charge in [-0.2, -0.15) is 0 Å². The zero-order chi connectivity index (χ0) is 19.5. The largest absolute Gasteiger partial charge is 0.494 e. The maximum atomic E-state index is 13.1. The van der Waals surface area contributed by atoms with Gasteiger partial charge in [0.05, 0.1) is 12.6 Å². The van der Waals surface area contributed by atoms with Crippen molar-refractivity contribution in [2.24, 2.45) is 0 Å². The Morgan fingerprint density at radius 2 is 1.86 bits per heavy atom. The van der Waals surface area contributed by atoms with E-state index in [4.69, 9.17) is 4.74 Å². The highest BCUT2D eigenvalue weighted by atomic mass is 79.9. The first-order valence-corrected chi connectivity index (χ1v) is 10.2. The molecule has 144 valence electrons. The Balaban J connectivity index is 1.59. The smallest absolute Gasteiger partial charge is 0.322 e. The molecule has 2 aromatic carbocycles. The first-order chi connectivity index (χ1) is 13.7. The lowest BCUT2D eigenvalue weighted by molar-refractivity contribution is 0.182. The molecule has 0 spiro atoms. The van der Waals surface area contributed by atoms with Crippen LogP contribution in [0.4, 0.5) is 10.5 Å². The van der Waals surface area contributed by atoms with Crippen molar-refractivity contribution < 1.29 is 9.53 Å². The molecular formula is C22H22BrN3O2. The first kappa shape index (κ1) is 18.6. The highest BCUT2D eigenvalue weighted by Gasteiger charge is 2.32. The molecule has 0 aliphatic carbocycles. The number of aromatic nitrogens is 1. The van der Waals surface area contributed by atoms with Crippen molar-refractivity contribution >= 4 is 27.6 Å². The van der Waals surface area contributed by atoms with Crippen LogP contribution >= 0.6 is 15.9 Å². The van der Waals surface area contributed by atoms with E-state index in [0.29, 0.717) is 13.2 Å². The Morgan fingerprint density at radius 3 is 2.57 bits per heavy atom. The Morgan fingerprint density at radius 1 is 1.11 bits per heavy atom. The lowest BCUT2D eigenvalue weighted by atomic mass is 10.0. The standard InChI is InChI=1S/C22H22BrN3O2/c1-2-28-19-11-9-18(10-12-19)24-22(27)26-15-14-25-13-3-4-20(25)21(26)16-5-7-17(23)8-6-16/h3-13,21H,2,14-15H2,1H3,(H,24,27). The van der Waals surface area contributed by atoms with Gasteiger partial charge in [-0.15, -0.1) is 0 Å². The normalized spacial score (nSPS) is 15.8. The van der Waals surface area contributed by atoms with Gasteiger partial charge in [-0.1, -0.05) is 28.1 Å². The van der Waals surface area contributed by atoms with Gasteiger partial charge in [-0.25, -0.2) is 4.79 Å². The van der Waals surface area contributed by atoms with Crippen molar-refractivity contribution in [3.8, 4) is 5.75 Å². The molecule has 1 N–H and O–H groups in total. The molecule has 6 heteroatoms. The second-order valence-electron chi connectivity index (χ2n) is 6.66. The van der Waals surface area contributed by atoms with E-state index in [-0.39, 0.29) is 12.1 Å². The molecule has 5 nitrogen and oxygen atoms in total. The Hall–Kier alpha value is -2.73. The molecule has 0 bridgehead atoms. The zero-order valence-corrected chi connectivity index (χ0v) is 17.2. The summed E-state index contributed by atoms with van der Waals surface area (Å²) in [6, 6.07) is 19.5. The number of carbonyl (C=O) groups excluding carboxylic acids is 1. The van der Waals surface area contributed by atoms with E-state index in [1.165, 1.54) is 0 Å². The number of urea groups is 1. The van der Waals surface area contributed by atoms with Gasteiger partial charge in [0.15, 0.2) is 0 Å². The van der Waals surface area contributed by atoms with Crippen molar-refractivity contribution in [3.05, 3.63) is 82.6 Å². The van der Waals surface area contributed by atoms with E-state index in [1.807, 2.05) is 54.3 Å². The van der Waals surface area contributed by atoms with Crippen LogP contribution in [0.1, 0.15) is 24.2 Å². The predicted molar refractivity (Wildman–Crippen MR) is 114 cm³/mol. The minimum atomic E-state index is -0.125. The van der Waals surface area contributed by atoms with Crippen LogP contribution in [-0.2, 0) is 6.54 Å². The SMILES string of the molecule is CCOc1ccc(NC(=O)N2CCn3cccc3C2c2ccc(Br)cc2)cc1. The van der Waals surface area contributed by atoms with Gasteiger partial charge in [-0.3, -0.25) is 0 Å². The third-order valence-corrected chi connectivity index (χ3v) is 5.43. The molecule has 0 saturated heterocycles. The van der Waals surface area contributed by atoms with E-state index in [2.05, 4.69) is 50.2 Å². The van der Waals surface area contributed by atoms with Crippen LogP contribution in [0.3, 0.4) is 0 Å². The maximum Gasteiger partial charge on any atom is 0.322 e. The van der Waals surface area contributed by atoms with Crippen LogP contribution in [0, 0.1) is 0 Å². The molecule has 4 rings (SSSR count). The van der Waals surface area contributed by atoms with Crippen LogP contribution in [0.15, 0.2) is 71.3 Å². The summed E-state index contributed by atoms with van der Waals surface area (Å²) in [6.07, 6.45) is 2.07. The summed E-state index contributed by atoms with van der Waals surface area (Å²) < 4.78 is 8.70. The fourth-order valence-electron chi connectivity index (χ4n) is 3.59. The van der Waals surface area contributed by atoms with Crippen molar-refractivity contribution in [1.82, 2.24) is 9.47 Å². The quantitative estimate of drug-likeness (QED) is 0.600. The lowest BCUT2D eigenvalue weighted by Gasteiger charge is -2.37. The van der Waals surface area contributed by atoms with E-state index in [9.17, 15) is 4.79 Å². The van der Waals surface area contributed by atoms with Gasteiger partial charge < -0.3 is 19.5 Å². The van der Waals surface area contributed by atoms with Gasteiger partial charge in [0.2, 0.25) is 0 Å². The Bertz CT molecular complexity index is 951. The van der Waals surface area contributed by atoms with Crippen LogP contribution in [0.5, 0.6) is 5.75 Å². The number of amides is 2. The fraction of sp³-hybridized carbons (Fsp3) is 0.227. The number of benzene rings is 2. The van der Waals surface area contributed by atoms with E-state index < -0.39 is 0 Å². The van der Waals surface area contributed by atoms with Gasteiger partial charge in [-0.05, 0) is 61.0 Å². The summed E-state index contributed by atoms with van der Waals surface area (Å²) in [5.41, 5.74) is 2.96. The third-order valence-electron chi connectivity index (χ3n) is 4.90. The number of carbonyl (C=O) groups is 1. The third kappa shape index (κ3) is 3.78. The predicted octanol–water partition coefficient (Wildman–Crippen LogP) is 5.29. The summed E-state index contributed by atoms with van der Waals surface area (Å²) in [4.78, 5) is 15.0. The lowest BCUT2D eigenvalue weighted by Crippen LogP contribution is -2.44. The summed E-state index contributed by atoms with van der Waals surface area (Å²) in [7, 11) is 0. The van der Waals surface area contributed by atoms with Gasteiger partial charge >= 0.3 is 6.03 Å². The molecule has 0 fully saturated rings. The van der Waals surface area contributed by atoms with Crippen LogP contribution in [0.25, 0.3) is 0 Å². The molecule has 1 atom stereocenters. The van der Waals surface area contributed by atoms with Crippen molar-refractivity contribution in [1.29, 1.82) is 0 Å². The Kier molecular flexibility index (Phi) is 5.39. The maximum absolute atomic E-state index is 13.1. The molecule has 1 unspecified atom stereocenters. The number of anilines is 1. The Labute approximate surface area is 173 Å². The molecule has 2 amide bonds. The van der Waals surface area contributed by atoms with Crippen molar-refractivity contribution in [2.75, 3.05) is 18.5 Å². The average Bonchev–Trinajstić information content (AvgIpc) is 3.18. The molecule has 2 heterocycles. The molecule has 1 aromatic heterocycles. The highest BCUT2D eigenvalue weighted by Crippen LogP contribution is 2.33. The topological polar surface area (TPSA) is 46.5 Å². The molecule has 3 aromatic rings. The zero-order valence-electron chi connectivity index (χ0n) is 15.6. The minimum Gasteiger partial charge on any atom is -0.494 e. The number of fused-ring (bicyclic) bond motifs is 1. The number of nitrogens with one attached hydrogen (secondary N) is 1. The number of hydrogen-bond acceptors (Lipinski definition) is 2. The monoisotopic (exact) mass is 439 g/mol. The van der Waals surface area contributed by atoms with Crippen LogP contribution in [0.2, 0.25) is 0 Å². The summed E-state index contributed by atoms with van der Waals surface area (Å²) in [5.74, 6) is 0.795. The fourth-order valence-corrected chi connectivity index (χ4v) is 3.86. The summed E-state index contributed by atoms with van der Waals surface area (Å²) >= 11 is 3.49. The minimum absolute atomic E-state index is 0.107. The van der Waals surface area contributed by atoms with Crippen LogP contribution in [-0.4, -0.2) is 28.6 Å². The van der Waals surface area contributed by atoms with E-state index >= 15 is 0 Å². The number of hydrogen-bond donors (Lipinski definition) is 1. The number of halogens is 1.